The van der Waals surface area contributed by atoms with Gasteiger partial charge in [-0.1, -0.05) is 46.9 Å². The van der Waals surface area contributed by atoms with Gasteiger partial charge in [0.25, 0.3) is 11.8 Å². The quantitative estimate of drug-likeness (QED) is 0.582. The summed E-state index contributed by atoms with van der Waals surface area (Å²) < 4.78 is 0.768. The molecule has 0 saturated heterocycles. The van der Waals surface area contributed by atoms with Crippen molar-refractivity contribution in [1.29, 1.82) is 0 Å². The second-order valence-electron chi connectivity index (χ2n) is 5.94. The minimum atomic E-state index is -0.205. The lowest BCUT2D eigenvalue weighted by molar-refractivity contribution is 0.0789. The maximum Gasteiger partial charge on any atom is 0.265 e. The normalized spacial score (nSPS) is 10.9. The predicted octanol–water partition coefficient (Wildman–Crippen LogP) is 5.49. The molecular formula is C19H15Cl3N2O2S. The first kappa shape index (κ1) is 20.0. The molecule has 27 heavy (non-hydrogen) atoms. The fraction of sp³-hybridized carbons (Fsp3) is 0.158. The van der Waals surface area contributed by atoms with Crippen LogP contribution in [-0.2, 0) is 6.54 Å². The molecule has 0 unspecified atom stereocenters. The number of carbonyl (C=O) groups is 2. The summed E-state index contributed by atoms with van der Waals surface area (Å²) in [6.07, 6.45) is 0. The molecule has 3 rings (SSSR count). The maximum atomic E-state index is 12.9. The van der Waals surface area contributed by atoms with Gasteiger partial charge in [0.1, 0.15) is 4.88 Å². The smallest absolute Gasteiger partial charge is 0.265 e. The number of amides is 2. The molecule has 3 aromatic rings. The van der Waals surface area contributed by atoms with Crippen LogP contribution in [-0.4, -0.2) is 30.8 Å². The number of halogens is 3. The number of fused-ring (bicyclic) bond motifs is 1. The number of hydrogen-bond acceptors (Lipinski definition) is 3. The fourth-order valence-corrected chi connectivity index (χ4v) is 5.04. The highest BCUT2D eigenvalue weighted by atomic mass is 35.5. The zero-order valence-electron chi connectivity index (χ0n) is 14.5. The molecule has 0 saturated carbocycles. The van der Waals surface area contributed by atoms with Gasteiger partial charge in [-0.05, 0) is 29.8 Å². The second-order valence-corrected chi connectivity index (χ2v) is 8.22. The summed E-state index contributed by atoms with van der Waals surface area (Å²) in [4.78, 5) is 26.5. The van der Waals surface area contributed by atoms with E-state index in [1.54, 1.807) is 43.3 Å². The number of carbonyl (C=O) groups excluding carboxylic acids is 2. The number of nitrogens with one attached hydrogen (secondary N) is 1. The van der Waals surface area contributed by atoms with Gasteiger partial charge in [0.05, 0.1) is 10.0 Å². The van der Waals surface area contributed by atoms with E-state index in [4.69, 9.17) is 34.8 Å². The zero-order chi connectivity index (χ0) is 19.7. The van der Waals surface area contributed by atoms with Gasteiger partial charge < -0.3 is 10.2 Å². The molecule has 0 fully saturated rings. The lowest BCUT2D eigenvalue weighted by Gasteiger charge is -2.17. The van der Waals surface area contributed by atoms with E-state index >= 15 is 0 Å². The van der Waals surface area contributed by atoms with E-state index in [9.17, 15) is 9.59 Å². The van der Waals surface area contributed by atoms with Crippen molar-refractivity contribution in [1.82, 2.24) is 10.2 Å². The summed E-state index contributed by atoms with van der Waals surface area (Å²) in [7, 11) is 3.28. The predicted molar refractivity (Wildman–Crippen MR) is 112 cm³/mol. The first-order chi connectivity index (χ1) is 12.8. The highest BCUT2D eigenvalue weighted by Crippen LogP contribution is 2.41. The van der Waals surface area contributed by atoms with Crippen LogP contribution in [0.1, 0.15) is 25.6 Å². The van der Waals surface area contributed by atoms with Crippen molar-refractivity contribution in [2.75, 3.05) is 14.1 Å². The Morgan fingerprint density at radius 3 is 2.41 bits per heavy atom. The van der Waals surface area contributed by atoms with E-state index in [0.29, 0.717) is 37.4 Å². The van der Waals surface area contributed by atoms with E-state index in [2.05, 4.69) is 5.32 Å². The standard InChI is InChI=1S/C19H15Cl3N2O2S/c1-23-18(25)11-5-3-10(4-6-11)9-24(2)19(26)17-16(22)15-13(21)7-12(20)8-14(15)27-17/h3-8H,9H2,1-2H3,(H,23,25). The summed E-state index contributed by atoms with van der Waals surface area (Å²) >= 11 is 19.9. The van der Waals surface area contributed by atoms with Crippen molar-refractivity contribution in [3.63, 3.8) is 0 Å². The van der Waals surface area contributed by atoms with Gasteiger partial charge in [0.15, 0.2) is 0 Å². The molecule has 0 atom stereocenters. The Hall–Kier alpha value is -1.79. The van der Waals surface area contributed by atoms with Crippen molar-refractivity contribution in [3.8, 4) is 0 Å². The third-order valence-corrected chi connectivity index (χ3v) is 6.18. The molecule has 8 heteroatoms. The minimum absolute atomic E-state index is 0.154. The van der Waals surface area contributed by atoms with E-state index in [0.717, 1.165) is 10.3 Å². The lowest BCUT2D eigenvalue weighted by atomic mass is 10.1. The van der Waals surface area contributed by atoms with Crippen molar-refractivity contribution < 1.29 is 9.59 Å². The second kappa shape index (κ2) is 8.07. The number of nitrogens with zero attached hydrogens (tertiary/aromatic N) is 1. The van der Waals surface area contributed by atoms with Crippen LogP contribution in [0.25, 0.3) is 10.1 Å². The first-order valence-corrected chi connectivity index (χ1v) is 9.90. The topological polar surface area (TPSA) is 49.4 Å². The Kier molecular flexibility index (Phi) is 5.96. The average molecular weight is 442 g/mol. The van der Waals surface area contributed by atoms with Crippen LogP contribution in [0.15, 0.2) is 36.4 Å². The van der Waals surface area contributed by atoms with Crippen LogP contribution in [0.2, 0.25) is 15.1 Å². The van der Waals surface area contributed by atoms with Gasteiger partial charge >= 0.3 is 0 Å². The zero-order valence-corrected chi connectivity index (χ0v) is 17.6. The van der Waals surface area contributed by atoms with Crippen LogP contribution in [0.3, 0.4) is 0 Å². The number of rotatable bonds is 4. The Morgan fingerprint density at radius 1 is 1.11 bits per heavy atom. The number of hydrogen-bond donors (Lipinski definition) is 1. The molecule has 2 aromatic carbocycles. The molecule has 0 bridgehead atoms. The first-order valence-electron chi connectivity index (χ1n) is 7.95. The maximum absolute atomic E-state index is 12.9. The molecule has 2 amide bonds. The van der Waals surface area contributed by atoms with Crippen LogP contribution in [0.4, 0.5) is 0 Å². The summed E-state index contributed by atoms with van der Waals surface area (Å²) in [5.74, 6) is -0.359. The third-order valence-electron chi connectivity index (χ3n) is 4.05. The highest BCUT2D eigenvalue weighted by molar-refractivity contribution is 7.21. The van der Waals surface area contributed by atoms with Crippen molar-refractivity contribution in [2.45, 2.75) is 6.54 Å². The third kappa shape index (κ3) is 4.06. The van der Waals surface area contributed by atoms with Crippen molar-refractivity contribution >= 4 is 68.0 Å². The molecule has 4 nitrogen and oxygen atoms in total. The number of thiophene rings is 1. The van der Waals surface area contributed by atoms with E-state index < -0.39 is 0 Å². The van der Waals surface area contributed by atoms with E-state index in [1.807, 2.05) is 12.1 Å². The summed E-state index contributed by atoms with van der Waals surface area (Å²) in [6.45, 7) is 0.381. The molecule has 0 aliphatic rings. The van der Waals surface area contributed by atoms with Gasteiger partial charge in [0.2, 0.25) is 0 Å². The Balaban J connectivity index is 1.83. The Labute approximate surface area is 175 Å². The molecule has 1 heterocycles. The molecule has 0 radical (unpaired) electrons. The highest BCUT2D eigenvalue weighted by Gasteiger charge is 2.22. The van der Waals surface area contributed by atoms with E-state index in [1.165, 1.54) is 11.3 Å². The van der Waals surface area contributed by atoms with Gasteiger partial charge in [-0.25, -0.2) is 0 Å². The van der Waals surface area contributed by atoms with Crippen LogP contribution >= 0.6 is 46.1 Å². The SMILES string of the molecule is CNC(=O)c1ccc(CN(C)C(=O)c2sc3cc(Cl)cc(Cl)c3c2Cl)cc1. The monoisotopic (exact) mass is 440 g/mol. The van der Waals surface area contributed by atoms with Crippen LogP contribution < -0.4 is 5.32 Å². The fourth-order valence-electron chi connectivity index (χ4n) is 2.67. The largest absolute Gasteiger partial charge is 0.355 e. The molecule has 0 aliphatic carbocycles. The molecular weight excluding hydrogens is 427 g/mol. The minimum Gasteiger partial charge on any atom is -0.355 e. The average Bonchev–Trinajstić information content (AvgIpc) is 2.97. The molecule has 1 N–H and O–H groups in total. The summed E-state index contributed by atoms with van der Waals surface area (Å²) in [6, 6.07) is 10.4. The van der Waals surface area contributed by atoms with Crippen molar-refractivity contribution in [3.05, 3.63) is 67.5 Å². The Morgan fingerprint density at radius 2 is 1.78 bits per heavy atom. The van der Waals surface area contributed by atoms with Crippen LogP contribution in [0.5, 0.6) is 0 Å². The van der Waals surface area contributed by atoms with Crippen LogP contribution in [0, 0.1) is 0 Å². The Bertz CT molecular complexity index is 1030. The molecule has 0 aliphatic heterocycles. The van der Waals surface area contributed by atoms with Gasteiger partial charge in [-0.2, -0.15) is 0 Å². The summed E-state index contributed by atoms with van der Waals surface area (Å²) in [5, 5.41) is 4.46. The van der Waals surface area contributed by atoms with Gasteiger partial charge in [-0.15, -0.1) is 11.3 Å². The molecule has 140 valence electrons. The summed E-state index contributed by atoms with van der Waals surface area (Å²) in [5.41, 5.74) is 1.46. The molecule has 1 aromatic heterocycles. The lowest BCUT2D eigenvalue weighted by Crippen LogP contribution is -2.25. The molecule has 0 spiro atoms. The van der Waals surface area contributed by atoms with Crippen molar-refractivity contribution in [2.24, 2.45) is 0 Å². The van der Waals surface area contributed by atoms with Gasteiger partial charge in [0, 0.05) is 41.3 Å². The number of benzene rings is 2. The van der Waals surface area contributed by atoms with E-state index in [-0.39, 0.29) is 11.8 Å². The van der Waals surface area contributed by atoms with Gasteiger partial charge in [-0.3, -0.25) is 9.59 Å².